The van der Waals surface area contributed by atoms with Crippen LogP contribution in [0.2, 0.25) is 0 Å². The van der Waals surface area contributed by atoms with E-state index in [1.165, 1.54) is 26.4 Å². The summed E-state index contributed by atoms with van der Waals surface area (Å²) in [6, 6.07) is 14.2. The highest BCUT2D eigenvalue weighted by atomic mass is 16.5. The molecule has 0 fully saturated rings. The van der Waals surface area contributed by atoms with E-state index in [1.807, 2.05) is 24.3 Å². The van der Waals surface area contributed by atoms with E-state index in [4.69, 9.17) is 4.74 Å². The molecule has 0 aromatic heterocycles. The summed E-state index contributed by atoms with van der Waals surface area (Å²) in [5, 5.41) is 3.01. The molecule has 5 heteroatoms. The molecule has 0 saturated heterocycles. The number of nitrogens with one attached hydrogen (secondary N) is 1. The van der Waals surface area contributed by atoms with Gasteiger partial charge in [-0.2, -0.15) is 0 Å². The summed E-state index contributed by atoms with van der Waals surface area (Å²) >= 11 is 0. The second-order valence-corrected chi connectivity index (χ2v) is 7.98. The highest BCUT2D eigenvalue weighted by Gasteiger charge is 2.12. The Labute approximate surface area is 186 Å². The van der Waals surface area contributed by atoms with Crippen molar-refractivity contribution in [2.75, 3.05) is 25.6 Å². The summed E-state index contributed by atoms with van der Waals surface area (Å²) in [7, 11) is 3.21. The lowest BCUT2D eigenvalue weighted by Gasteiger charge is -2.19. The van der Waals surface area contributed by atoms with E-state index in [0.717, 1.165) is 40.8 Å². The molecule has 0 saturated carbocycles. The average Bonchev–Trinajstić information content (AvgIpc) is 2.79. The maximum atomic E-state index is 12.5. The van der Waals surface area contributed by atoms with Crippen LogP contribution in [0.4, 0.5) is 10.5 Å². The van der Waals surface area contributed by atoms with Gasteiger partial charge in [0, 0.05) is 25.7 Å². The topological polar surface area (TPSA) is 58.6 Å². The van der Waals surface area contributed by atoms with Gasteiger partial charge in [0.1, 0.15) is 0 Å². The van der Waals surface area contributed by atoms with Crippen LogP contribution in [0.3, 0.4) is 0 Å². The van der Waals surface area contributed by atoms with E-state index in [0.29, 0.717) is 19.4 Å². The fourth-order valence-electron chi connectivity index (χ4n) is 3.60. The Morgan fingerprint density at radius 2 is 1.81 bits per heavy atom. The van der Waals surface area contributed by atoms with Crippen LogP contribution in [0.15, 0.2) is 42.5 Å². The third-order valence-corrected chi connectivity index (χ3v) is 5.54. The molecule has 0 aliphatic carbocycles. The van der Waals surface area contributed by atoms with Crippen molar-refractivity contribution in [1.29, 1.82) is 0 Å². The van der Waals surface area contributed by atoms with Gasteiger partial charge in [0.15, 0.2) is 0 Å². The quantitative estimate of drug-likeness (QED) is 0.362. The third kappa shape index (κ3) is 7.74. The predicted octanol–water partition coefficient (Wildman–Crippen LogP) is 5.88. The lowest BCUT2D eigenvalue weighted by molar-refractivity contribution is -0.140. The summed E-state index contributed by atoms with van der Waals surface area (Å²) in [6.45, 7) is 4.98. The molecule has 0 aliphatic heterocycles. The number of rotatable bonds is 11. The fraction of sp³-hybridized carbons (Fsp3) is 0.462. The van der Waals surface area contributed by atoms with Gasteiger partial charge in [0.05, 0.1) is 7.11 Å². The number of methoxy groups -OCH3 is 1. The molecule has 2 amide bonds. The second kappa shape index (κ2) is 12.8. The molecule has 2 rings (SSSR count). The molecule has 2 aromatic carbocycles. The van der Waals surface area contributed by atoms with Gasteiger partial charge >= 0.3 is 12.0 Å². The van der Waals surface area contributed by atoms with Crippen molar-refractivity contribution in [1.82, 2.24) is 5.32 Å². The number of urea groups is 1. The van der Waals surface area contributed by atoms with E-state index >= 15 is 0 Å². The Morgan fingerprint density at radius 1 is 1.03 bits per heavy atom. The van der Waals surface area contributed by atoms with Crippen LogP contribution in [0.1, 0.15) is 56.6 Å². The largest absolute Gasteiger partial charge is 0.469 e. The lowest BCUT2D eigenvalue weighted by Crippen LogP contribution is -2.37. The van der Waals surface area contributed by atoms with Crippen molar-refractivity contribution in [2.45, 2.75) is 58.8 Å². The minimum atomic E-state index is -0.197. The molecular weight excluding hydrogens is 388 g/mol. The van der Waals surface area contributed by atoms with E-state index in [1.54, 1.807) is 11.9 Å². The van der Waals surface area contributed by atoms with Crippen LogP contribution in [0.25, 0.3) is 11.1 Å². The molecule has 0 spiro atoms. The maximum absolute atomic E-state index is 12.5. The summed E-state index contributed by atoms with van der Waals surface area (Å²) in [6.07, 6.45) is 6.92. The van der Waals surface area contributed by atoms with Gasteiger partial charge in [0.2, 0.25) is 0 Å². The fourth-order valence-corrected chi connectivity index (χ4v) is 3.60. The standard InChI is InChI=1S/C26H36N2O3/c1-5-6-7-8-9-17-27-26(30)28(3)23-12-10-11-22(19-23)24-15-13-21(18-20(24)2)14-16-25(29)31-4/h10-13,15,18-19H,5-9,14,16-17H2,1-4H3,(H,27,30). The molecule has 0 bridgehead atoms. The third-order valence-electron chi connectivity index (χ3n) is 5.54. The Bertz CT molecular complexity index is 863. The van der Waals surface area contributed by atoms with Crippen LogP contribution in [0, 0.1) is 6.92 Å². The first-order chi connectivity index (χ1) is 15.0. The van der Waals surface area contributed by atoms with Crippen molar-refractivity contribution < 1.29 is 14.3 Å². The number of aryl methyl sites for hydroxylation is 2. The summed E-state index contributed by atoms with van der Waals surface area (Å²) in [4.78, 5) is 25.6. The van der Waals surface area contributed by atoms with Gasteiger partial charge in [-0.05, 0) is 54.2 Å². The number of anilines is 1. The maximum Gasteiger partial charge on any atom is 0.321 e. The number of hydrogen-bond donors (Lipinski definition) is 1. The van der Waals surface area contributed by atoms with Crippen LogP contribution in [0.5, 0.6) is 0 Å². The summed E-state index contributed by atoms with van der Waals surface area (Å²) < 4.78 is 4.72. The zero-order valence-electron chi connectivity index (χ0n) is 19.4. The number of benzene rings is 2. The molecular formula is C26H36N2O3. The van der Waals surface area contributed by atoms with E-state index < -0.39 is 0 Å². The smallest absolute Gasteiger partial charge is 0.321 e. The number of hydrogen-bond acceptors (Lipinski definition) is 3. The van der Waals surface area contributed by atoms with Crippen LogP contribution < -0.4 is 10.2 Å². The number of amides is 2. The molecule has 168 valence electrons. The first-order valence-electron chi connectivity index (χ1n) is 11.2. The van der Waals surface area contributed by atoms with Gasteiger partial charge in [-0.1, -0.05) is 62.9 Å². The number of carbonyl (C=O) groups excluding carboxylic acids is 2. The number of unbranched alkanes of at least 4 members (excludes halogenated alkanes) is 4. The van der Waals surface area contributed by atoms with Gasteiger partial charge in [-0.15, -0.1) is 0 Å². The van der Waals surface area contributed by atoms with Gasteiger partial charge < -0.3 is 10.1 Å². The zero-order valence-corrected chi connectivity index (χ0v) is 19.4. The van der Waals surface area contributed by atoms with Crippen molar-refractivity contribution in [3.63, 3.8) is 0 Å². The molecule has 2 aromatic rings. The molecule has 31 heavy (non-hydrogen) atoms. The molecule has 0 heterocycles. The molecule has 0 unspecified atom stereocenters. The van der Waals surface area contributed by atoms with Gasteiger partial charge in [0.25, 0.3) is 0 Å². The minimum absolute atomic E-state index is 0.0810. The van der Waals surface area contributed by atoms with E-state index in [-0.39, 0.29) is 12.0 Å². The minimum Gasteiger partial charge on any atom is -0.469 e. The SMILES string of the molecule is CCCCCCCNC(=O)N(C)c1cccc(-c2ccc(CCC(=O)OC)cc2C)c1. The van der Waals surface area contributed by atoms with Gasteiger partial charge in [-0.3, -0.25) is 9.69 Å². The normalized spacial score (nSPS) is 10.6. The molecule has 5 nitrogen and oxygen atoms in total. The number of nitrogens with zero attached hydrogens (tertiary/aromatic N) is 1. The number of ether oxygens (including phenoxy) is 1. The van der Waals surface area contributed by atoms with Gasteiger partial charge in [-0.25, -0.2) is 4.79 Å². The Kier molecular flexibility index (Phi) is 10.1. The van der Waals surface area contributed by atoms with Crippen LogP contribution in [-0.2, 0) is 16.0 Å². The lowest BCUT2D eigenvalue weighted by atomic mass is 9.96. The van der Waals surface area contributed by atoms with Crippen molar-refractivity contribution in [2.24, 2.45) is 0 Å². The zero-order chi connectivity index (χ0) is 22.6. The van der Waals surface area contributed by atoms with E-state index in [9.17, 15) is 9.59 Å². The van der Waals surface area contributed by atoms with Crippen LogP contribution >= 0.6 is 0 Å². The highest BCUT2D eigenvalue weighted by Crippen LogP contribution is 2.28. The predicted molar refractivity (Wildman–Crippen MR) is 128 cm³/mol. The van der Waals surface area contributed by atoms with Crippen molar-refractivity contribution >= 4 is 17.7 Å². The molecule has 0 aliphatic rings. The first-order valence-corrected chi connectivity index (χ1v) is 11.2. The highest BCUT2D eigenvalue weighted by molar-refractivity contribution is 5.92. The molecule has 0 atom stereocenters. The second-order valence-electron chi connectivity index (χ2n) is 7.98. The van der Waals surface area contributed by atoms with Crippen LogP contribution in [-0.4, -0.2) is 32.7 Å². The number of carbonyl (C=O) groups is 2. The van der Waals surface area contributed by atoms with Crippen molar-refractivity contribution in [3.8, 4) is 11.1 Å². The Hall–Kier alpha value is -2.82. The van der Waals surface area contributed by atoms with E-state index in [2.05, 4.69) is 37.4 Å². The number of esters is 1. The summed E-state index contributed by atoms with van der Waals surface area (Å²) in [5.74, 6) is -0.197. The first kappa shape index (κ1) is 24.4. The van der Waals surface area contributed by atoms with Crippen molar-refractivity contribution in [3.05, 3.63) is 53.6 Å². The summed E-state index contributed by atoms with van der Waals surface area (Å²) in [5.41, 5.74) is 5.29. The Morgan fingerprint density at radius 3 is 2.52 bits per heavy atom. The molecule has 0 radical (unpaired) electrons. The molecule has 1 N–H and O–H groups in total. The monoisotopic (exact) mass is 424 g/mol. The average molecular weight is 425 g/mol. The Balaban J connectivity index is 2.00.